The number of rotatable bonds is 8. The first kappa shape index (κ1) is 24.0. The molecule has 0 aliphatic heterocycles. The van der Waals surface area contributed by atoms with Gasteiger partial charge in [0, 0.05) is 22.9 Å². The van der Waals surface area contributed by atoms with E-state index in [2.05, 4.69) is 4.72 Å². The summed E-state index contributed by atoms with van der Waals surface area (Å²) in [6.07, 6.45) is -0.471. The SMILES string of the molecule is O=P(O)(O)C(Cc1ccccc1)(Cc1ccccc1)NS(=O)(=O)c1cc(Cl)cc(Cl)c1. The number of benzene rings is 3. The van der Waals surface area contributed by atoms with Gasteiger partial charge in [-0.15, -0.1) is 0 Å². The summed E-state index contributed by atoms with van der Waals surface area (Å²) in [5, 5.41) is -1.97. The molecule has 0 aliphatic rings. The Bertz CT molecular complexity index is 1140. The van der Waals surface area contributed by atoms with E-state index in [1.54, 1.807) is 60.7 Å². The van der Waals surface area contributed by atoms with Gasteiger partial charge in [0.05, 0.1) is 4.90 Å². The van der Waals surface area contributed by atoms with Gasteiger partial charge in [0.1, 0.15) is 5.28 Å². The molecule has 0 bridgehead atoms. The maximum Gasteiger partial charge on any atom is 0.347 e. The lowest BCUT2D eigenvalue weighted by Gasteiger charge is -2.35. The van der Waals surface area contributed by atoms with Crippen molar-refractivity contribution in [3.63, 3.8) is 0 Å². The maximum absolute atomic E-state index is 13.2. The van der Waals surface area contributed by atoms with Crippen molar-refractivity contribution in [1.29, 1.82) is 0 Å². The van der Waals surface area contributed by atoms with Gasteiger partial charge in [-0.2, -0.15) is 4.72 Å². The quantitative estimate of drug-likeness (QED) is 0.392. The first-order chi connectivity index (χ1) is 14.5. The van der Waals surface area contributed by atoms with Crippen LogP contribution in [-0.2, 0) is 27.4 Å². The Morgan fingerprint density at radius 1 is 0.806 bits per heavy atom. The molecule has 3 aromatic carbocycles. The van der Waals surface area contributed by atoms with Gasteiger partial charge in [-0.3, -0.25) is 4.57 Å². The fraction of sp³-hybridized carbons (Fsp3) is 0.143. The van der Waals surface area contributed by atoms with Crippen LogP contribution in [0.3, 0.4) is 0 Å². The highest BCUT2D eigenvalue weighted by Crippen LogP contribution is 2.53. The van der Waals surface area contributed by atoms with Gasteiger partial charge < -0.3 is 9.79 Å². The highest BCUT2D eigenvalue weighted by atomic mass is 35.5. The highest BCUT2D eigenvalue weighted by molar-refractivity contribution is 7.90. The summed E-state index contributed by atoms with van der Waals surface area (Å²) >= 11 is 11.9. The van der Waals surface area contributed by atoms with E-state index in [0.717, 1.165) is 0 Å². The zero-order chi connectivity index (χ0) is 22.7. The monoisotopic (exact) mass is 499 g/mol. The molecule has 0 unspecified atom stereocenters. The van der Waals surface area contributed by atoms with Crippen molar-refractivity contribution < 1.29 is 22.8 Å². The molecule has 3 rings (SSSR count). The summed E-state index contributed by atoms with van der Waals surface area (Å²) in [5.74, 6) is 0. The predicted octanol–water partition coefficient (Wildman–Crippen LogP) is 4.63. The number of hydrogen-bond acceptors (Lipinski definition) is 3. The average Bonchev–Trinajstić information content (AvgIpc) is 2.67. The fourth-order valence-electron chi connectivity index (χ4n) is 3.26. The molecular weight excluding hydrogens is 480 g/mol. The van der Waals surface area contributed by atoms with Crippen molar-refractivity contribution in [3.05, 3.63) is 100 Å². The Balaban J connectivity index is 2.14. The van der Waals surface area contributed by atoms with Crippen LogP contribution < -0.4 is 4.72 Å². The van der Waals surface area contributed by atoms with E-state index in [4.69, 9.17) is 23.2 Å². The second-order valence-electron chi connectivity index (χ2n) is 7.11. The molecule has 0 heterocycles. The number of sulfonamides is 1. The van der Waals surface area contributed by atoms with E-state index >= 15 is 0 Å². The maximum atomic E-state index is 13.2. The zero-order valence-corrected chi connectivity index (χ0v) is 19.4. The Hall–Kier alpha value is -1.70. The lowest BCUT2D eigenvalue weighted by atomic mass is 9.99. The second kappa shape index (κ2) is 9.43. The van der Waals surface area contributed by atoms with Gasteiger partial charge in [0.15, 0.2) is 0 Å². The molecule has 3 aromatic rings. The summed E-state index contributed by atoms with van der Waals surface area (Å²) < 4.78 is 41.5. The van der Waals surface area contributed by atoms with Crippen molar-refractivity contribution in [1.82, 2.24) is 4.72 Å². The third-order valence-corrected chi connectivity index (χ3v) is 8.35. The van der Waals surface area contributed by atoms with Gasteiger partial charge in [-0.25, -0.2) is 8.42 Å². The molecule has 0 aliphatic carbocycles. The first-order valence-corrected chi connectivity index (χ1v) is 13.0. The summed E-state index contributed by atoms with van der Waals surface area (Å²) in [6.45, 7) is 0. The van der Waals surface area contributed by atoms with Crippen molar-refractivity contribution in [2.24, 2.45) is 0 Å². The third kappa shape index (κ3) is 5.96. The summed E-state index contributed by atoms with van der Waals surface area (Å²) in [6, 6.07) is 20.8. The Labute approximate surface area is 191 Å². The smallest absolute Gasteiger partial charge is 0.323 e. The summed E-state index contributed by atoms with van der Waals surface area (Å²) in [4.78, 5) is 20.5. The van der Waals surface area contributed by atoms with Crippen LogP contribution in [0.25, 0.3) is 0 Å². The van der Waals surface area contributed by atoms with Crippen molar-refractivity contribution in [3.8, 4) is 0 Å². The zero-order valence-electron chi connectivity index (χ0n) is 16.2. The molecule has 0 spiro atoms. The molecule has 3 N–H and O–H groups in total. The van der Waals surface area contributed by atoms with E-state index < -0.39 is 22.9 Å². The molecule has 0 radical (unpaired) electrons. The number of halogens is 2. The molecule has 0 atom stereocenters. The standard InChI is InChI=1S/C21H20Cl2NO5PS/c22-18-11-19(23)13-20(12-18)31(28,29)24-21(30(25,26)27,14-16-7-3-1-4-8-16)15-17-9-5-2-6-10-17/h1-13,24H,14-15H2,(H2,25,26,27). The van der Waals surface area contributed by atoms with E-state index in [-0.39, 0.29) is 27.8 Å². The minimum Gasteiger partial charge on any atom is -0.323 e. The van der Waals surface area contributed by atoms with E-state index in [1.165, 1.54) is 18.2 Å². The molecule has 0 amide bonds. The number of hydrogen-bond donors (Lipinski definition) is 3. The molecule has 6 nitrogen and oxygen atoms in total. The van der Waals surface area contributed by atoms with Gasteiger partial charge in [0.25, 0.3) is 0 Å². The third-order valence-electron chi connectivity index (χ3n) is 4.71. The Kier molecular flexibility index (Phi) is 7.28. The van der Waals surface area contributed by atoms with E-state index in [9.17, 15) is 22.8 Å². The van der Waals surface area contributed by atoms with Crippen LogP contribution in [0.2, 0.25) is 10.0 Å². The van der Waals surface area contributed by atoms with Crippen LogP contribution in [0.1, 0.15) is 11.1 Å². The topological polar surface area (TPSA) is 104 Å². The first-order valence-electron chi connectivity index (χ1n) is 9.14. The minimum atomic E-state index is -5.03. The van der Waals surface area contributed by atoms with E-state index in [0.29, 0.717) is 11.1 Å². The van der Waals surface area contributed by atoms with Gasteiger partial charge in [0.2, 0.25) is 10.0 Å². The molecule has 164 valence electrons. The van der Waals surface area contributed by atoms with Gasteiger partial charge >= 0.3 is 7.60 Å². The molecular formula is C21H20Cl2NO5PS. The minimum absolute atomic E-state index is 0.0840. The van der Waals surface area contributed by atoms with Crippen molar-refractivity contribution in [2.45, 2.75) is 23.0 Å². The van der Waals surface area contributed by atoms with Crippen LogP contribution in [0.5, 0.6) is 0 Å². The molecule has 0 saturated carbocycles. The fourth-order valence-corrected chi connectivity index (χ4v) is 6.86. The van der Waals surface area contributed by atoms with Gasteiger partial charge in [-0.1, -0.05) is 83.9 Å². The Morgan fingerprint density at radius 3 is 1.61 bits per heavy atom. The summed E-state index contributed by atoms with van der Waals surface area (Å²) in [5.41, 5.74) is 1.13. The van der Waals surface area contributed by atoms with Crippen molar-refractivity contribution >= 4 is 40.8 Å². The van der Waals surface area contributed by atoms with Crippen LogP contribution >= 0.6 is 30.8 Å². The van der Waals surface area contributed by atoms with Gasteiger partial charge in [-0.05, 0) is 29.3 Å². The highest BCUT2D eigenvalue weighted by Gasteiger charge is 2.50. The number of nitrogens with one attached hydrogen (secondary N) is 1. The normalized spacial score (nSPS) is 12.6. The lowest BCUT2D eigenvalue weighted by Crippen LogP contribution is -2.51. The summed E-state index contributed by atoms with van der Waals surface area (Å²) in [7, 11) is -9.43. The van der Waals surface area contributed by atoms with Crippen LogP contribution in [0.15, 0.2) is 83.8 Å². The molecule has 0 aromatic heterocycles. The molecule has 31 heavy (non-hydrogen) atoms. The predicted molar refractivity (Wildman–Crippen MR) is 122 cm³/mol. The van der Waals surface area contributed by atoms with Crippen molar-refractivity contribution in [2.75, 3.05) is 0 Å². The van der Waals surface area contributed by atoms with Crippen LogP contribution in [-0.4, -0.2) is 23.5 Å². The molecule has 10 heteroatoms. The largest absolute Gasteiger partial charge is 0.347 e. The molecule has 0 saturated heterocycles. The second-order valence-corrected chi connectivity index (χ2v) is 11.6. The molecule has 0 fully saturated rings. The lowest BCUT2D eigenvalue weighted by molar-refractivity contribution is 0.309. The van der Waals surface area contributed by atoms with E-state index in [1.807, 2.05) is 0 Å². The van der Waals surface area contributed by atoms with Crippen LogP contribution in [0.4, 0.5) is 0 Å². The average molecular weight is 500 g/mol. The van der Waals surface area contributed by atoms with Crippen LogP contribution in [0, 0.1) is 0 Å². The Morgan fingerprint density at radius 2 is 1.23 bits per heavy atom.